The summed E-state index contributed by atoms with van der Waals surface area (Å²) in [6.45, 7) is 2.57. The molecule has 1 aliphatic rings. The summed E-state index contributed by atoms with van der Waals surface area (Å²) in [4.78, 5) is 22.6. The fraction of sp³-hybridized carbons (Fsp3) is 0.833. The van der Waals surface area contributed by atoms with Gasteiger partial charge in [0, 0.05) is 13.1 Å². The van der Waals surface area contributed by atoms with E-state index in [1.165, 1.54) is 19.3 Å². The van der Waals surface area contributed by atoms with Gasteiger partial charge in [-0.25, -0.2) is 0 Å². The number of nitrogens with one attached hydrogen (secondary N) is 3. The first-order valence-electron chi connectivity index (χ1n) is 6.34. The van der Waals surface area contributed by atoms with Crippen molar-refractivity contribution in [2.75, 3.05) is 20.1 Å². The van der Waals surface area contributed by atoms with E-state index in [2.05, 4.69) is 22.9 Å². The van der Waals surface area contributed by atoms with Gasteiger partial charge >= 0.3 is 0 Å². The van der Waals surface area contributed by atoms with Gasteiger partial charge in [0.25, 0.3) is 0 Å². The second-order valence-electron chi connectivity index (χ2n) is 4.71. The van der Waals surface area contributed by atoms with E-state index in [0.29, 0.717) is 12.0 Å². The molecule has 1 fully saturated rings. The molecular weight excluding hydrogens is 218 g/mol. The van der Waals surface area contributed by atoms with Crippen LogP contribution in [0.3, 0.4) is 0 Å². The van der Waals surface area contributed by atoms with Crippen molar-refractivity contribution < 1.29 is 9.59 Å². The molecule has 98 valence electrons. The molecule has 2 atom stereocenters. The van der Waals surface area contributed by atoms with E-state index in [9.17, 15) is 9.59 Å². The summed E-state index contributed by atoms with van der Waals surface area (Å²) in [6, 6.07) is 0.304. The van der Waals surface area contributed by atoms with E-state index in [1.807, 2.05) is 0 Å². The topological polar surface area (TPSA) is 70.2 Å². The number of carbonyl (C=O) groups is 2. The second kappa shape index (κ2) is 7.27. The molecule has 0 aliphatic heterocycles. The van der Waals surface area contributed by atoms with Crippen LogP contribution in [0.1, 0.15) is 32.6 Å². The van der Waals surface area contributed by atoms with Crippen molar-refractivity contribution in [1.29, 1.82) is 0 Å². The predicted molar refractivity (Wildman–Crippen MR) is 66.5 cm³/mol. The Labute approximate surface area is 103 Å². The van der Waals surface area contributed by atoms with Crippen molar-refractivity contribution in [2.45, 2.75) is 38.6 Å². The lowest BCUT2D eigenvalue weighted by Gasteiger charge is -2.29. The highest BCUT2D eigenvalue weighted by molar-refractivity contribution is 5.81. The van der Waals surface area contributed by atoms with Gasteiger partial charge in [-0.1, -0.05) is 19.8 Å². The van der Waals surface area contributed by atoms with Gasteiger partial charge < -0.3 is 10.6 Å². The number of hydrogen-bond acceptors (Lipinski definition) is 3. The van der Waals surface area contributed by atoms with Crippen LogP contribution in [-0.4, -0.2) is 38.0 Å². The monoisotopic (exact) mass is 241 g/mol. The minimum Gasteiger partial charge on any atom is -0.358 e. The van der Waals surface area contributed by atoms with Crippen molar-refractivity contribution in [2.24, 2.45) is 5.92 Å². The molecule has 1 aliphatic carbocycles. The molecule has 0 unspecified atom stereocenters. The smallest absolute Gasteiger partial charge is 0.234 e. The molecule has 0 spiro atoms. The third-order valence-corrected chi connectivity index (χ3v) is 3.31. The third-order valence-electron chi connectivity index (χ3n) is 3.31. The van der Waals surface area contributed by atoms with Crippen LogP contribution in [0, 0.1) is 5.92 Å². The Hall–Kier alpha value is -1.10. The van der Waals surface area contributed by atoms with Crippen LogP contribution in [0.15, 0.2) is 0 Å². The van der Waals surface area contributed by atoms with E-state index in [4.69, 9.17) is 0 Å². The minimum absolute atomic E-state index is 0.0207. The van der Waals surface area contributed by atoms with E-state index in [0.717, 1.165) is 6.42 Å². The molecule has 0 radical (unpaired) electrons. The normalized spacial score (nSPS) is 24.1. The number of likely N-dealkylation sites (N-methyl/N-ethyl adjacent to an activating group) is 1. The first-order valence-corrected chi connectivity index (χ1v) is 6.34. The number of carbonyl (C=O) groups excluding carboxylic acids is 2. The second-order valence-corrected chi connectivity index (χ2v) is 4.71. The lowest BCUT2D eigenvalue weighted by Crippen LogP contribution is -2.45. The highest BCUT2D eigenvalue weighted by Crippen LogP contribution is 2.23. The molecule has 3 N–H and O–H groups in total. The maximum absolute atomic E-state index is 11.6. The fourth-order valence-corrected chi connectivity index (χ4v) is 2.17. The molecule has 17 heavy (non-hydrogen) atoms. The molecule has 0 aromatic carbocycles. The van der Waals surface area contributed by atoms with Crippen LogP contribution in [0.4, 0.5) is 0 Å². The summed E-state index contributed by atoms with van der Waals surface area (Å²) < 4.78 is 0. The largest absolute Gasteiger partial charge is 0.358 e. The van der Waals surface area contributed by atoms with E-state index in [-0.39, 0.29) is 24.9 Å². The van der Waals surface area contributed by atoms with Crippen molar-refractivity contribution in [1.82, 2.24) is 16.0 Å². The van der Waals surface area contributed by atoms with Crippen LogP contribution >= 0.6 is 0 Å². The zero-order valence-electron chi connectivity index (χ0n) is 10.7. The first kappa shape index (κ1) is 14.0. The fourth-order valence-electron chi connectivity index (χ4n) is 2.17. The highest BCUT2D eigenvalue weighted by atomic mass is 16.2. The van der Waals surface area contributed by atoms with E-state index < -0.39 is 0 Å². The molecular formula is C12H23N3O2. The average molecular weight is 241 g/mol. The van der Waals surface area contributed by atoms with E-state index >= 15 is 0 Å². The Morgan fingerprint density at radius 1 is 1.12 bits per heavy atom. The molecule has 1 saturated carbocycles. The van der Waals surface area contributed by atoms with Gasteiger partial charge in [0.2, 0.25) is 11.8 Å². The number of rotatable bonds is 5. The zero-order valence-corrected chi connectivity index (χ0v) is 10.7. The van der Waals surface area contributed by atoms with Crippen LogP contribution in [0.5, 0.6) is 0 Å². The van der Waals surface area contributed by atoms with E-state index in [1.54, 1.807) is 7.05 Å². The molecule has 5 nitrogen and oxygen atoms in total. The SMILES string of the molecule is CNC(=O)CNCC(=O)N[C@H]1CCCC[C@@H]1C. The molecule has 2 amide bonds. The van der Waals surface area contributed by atoms with Crippen LogP contribution < -0.4 is 16.0 Å². The Morgan fingerprint density at radius 2 is 1.76 bits per heavy atom. The summed E-state index contributed by atoms with van der Waals surface area (Å²) in [5, 5.41) is 8.34. The number of amides is 2. The van der Waals surface area contributed by atoms with Crippen LogP contribution in [0.2, 0.25) is 0 Å². The zero-order chi connectivity index (χ0) is 12.7. The molecule has 1 rings (SSSR count). The molecule has 0 aromatic rings. The first-order chi connectivity index (χ1) is 8.13. The Bertz CT molecular complexity index is 268. The summed E-state index contributed by atoms with van der Waals surface area (Å²) >= 11 is 0. The van der Waals surface area contributed by atoms with Gasteiger partial charge in [0.15, 0.2) is 0 Å². The van der Waals surface area contributed by atoms with Gasteiger partial charge in [0.05, 0.1) is 13.1 Å². The molecule has 0 heterocycles. The summed E-state index contributed by atoms with van der Waals surface area (Å²) in [7, 11) is 1.58. The van der Waals surface area contributed by atoms with Gasteiger partial charge in [-0.2, -0.15) is 0 Å². The quantitative estimate of drug-likeness (QED) is 0.635. The minimum atomic E-state index is -0.108. The van der Waals surface area contributed by atoms with Gasteiger partial charge in [-0.15, -0.1) is 0 Å². The number of hydrogen-bond donors (Lipinski definition) is 3. The van der Waals surface area contributed by atoms with Gasteiger partial charge in [-0.05, 0) is 18.8 Å². The average Bonchev–Trinajstić information content (AvgIpc) is 2.32. The molecule has 0 aromatic heterocycles. The van der Waals surface area contributed by atoms with Crippen LogP contribution in [0.25, 0.3) is 0 Å². The summed E-state index contributed by atoms with van der Waals surface area (Å²) in [6.07, 6.45) is 4.72. The lowest BCUT2D eigenvalue weighted by atomic mass is 9.86. The Morgan fingerprint density at radius 3 is 2.41 bits per heavy atom. The predicted octanol–water partition coefficient (Wildman–Crippen LogP) is 0.0169. The highest BCUT2D eigenvalue weighted by Gasteiger charge is 2.22. The third kappa shape index (κ3) is 5.17. The van der Waals surface area contributed by atoms with Crippen LogP contribution in [-0.2, 0) is 9.59 Å². The van der Waals surface area contributed by atoms with Gasteiger partial charge in [0.1, 0.15) is 0 Å². The van der Waals surface area contributed by atoms with Crippen molar-refractivity contribution >= 4 is 11.8 Å². The summed E-state index contributed by atoms with van der Waals surface area (Å²) in [5.41, 5.74) is 0. The molecule has 0 saturated heterocycles. The molecule has 0 bridgehead atoms. The summed E-state index contributed by atoms with van der Waals surface area (Å²) in [5.74, 6) is 0.433. The molecule has 5 heteroatoms. The Balaban J connectivity index is 2.17. The maximum Gasteiger partial charge on any atom is 0.234 e. The standard InChI is InChI=1S/C12H23N3O2/c1-9-5-3-4-6-10(9)15-12(17)8-14-7-11(16)13-2/h9-10,14H,3-8H2,1-2H3,(H,13,16)(H,15,17)/t9-,10-/m0/s1. The van der Waals surface area contributed by atoms with Crippen molar-refractivity contribution in [3.63, 3.8) is 0 Å². The Kier molecular flexibility index (Phi) is 5.97. The lowest BCUT2D eigenvalue weighted by molar-refractivity contribution is -0.122. The van der Waals surface area contributed by atoms with Crippen molar-refractivity contribution in [3.05, 3.63) is 0 Å². The maximum atomic E-state index is 11.6. The van der Waals surface area contributed by atoms with Gasteiger partial charge in [-0.3, -0.25) is 14.9 Å². The van der Waals surface area contributed by atoms with Crippen molar-refractivity contribution in [3.8, 4) is 0 Å².